The van der Waals surface area contributed by atoms with Gasteiger partial charge in [-0.05, 0) is 24.3 Å². The molecule has 0 saturated carbocycles. The first-order valence-corrected chi connectivity index (χ1v) is 4.46. The van der Waals surface area contributed by atoms with E-state index in [9.17, 15) is 0 Å². The summed E-state index contributed by atoms with van der Waals surface area (Å²) in [6.07, 6.45) is 1.67. The third kappa shape index (κ3) is 1.71. The number of benzene rings is 1. The lowest BCUT2D eigenvalue weighted by Gasteiger charge is -2.01. The maximum Gasteiger partial charge on any atom is 0.0929 e. The van der Waals surface area contributed by atoms with Crippen molar-refractivity contribution in [2.75, 3.05) is 12.4 Å². The fourth-order valence-corrected chi connectivity index (χ4v) is 1.26. The minimum atomic E-state index is 0.898. The van der Waals surface area contributed by atoms with Gasteiger partial charge in [0.15, 0.2) is 0 Å². The minimum Gasteiger partial charge on any atom is -0.388 e. The molecule has 1 aromatic carbocycles. The van der Waals surface area contributed by atoms with Gasteiger partial charge in [-0.15, -0.1) is 0 Å². The van der Waals surface area contributed by atoms with Crippen molar-refractivity contribution in [2.45, 2.75) is 0 Å². The van der Waals surface area contributed by atoms with Crippen LogP contribution < -0.4 is 5.32 Å². The second kappa shape index (κ2) is 3.87. The first-order chi connectivity index (χ1) is 6.90. The van der Waals surface area contributed by atoms with E-state index in [0.717, 1.165) is 16.9 Å². The van der Waals surface area contributed by atoms with Crippen LogP contribution in [0.2, 0.25) is 0 Å². The van der Waals surface area contributed by atoms with Gasteiger partial charge < -0.3 is 5.32 Å². The van der Waals surface area contributed by atoms with Crippen molar-refractivity contribution in [3.8, 4) is 11.3 Å². The first kappa shape index (κ1) is 8.69. The molecule has 14 heavy (non-hydrogen) atoms. The monoisotopic (exact) mass is 185 g/mol. The number of anilines is 1. The van der Waals surface area contributed by atoms with Crippen LogP contribution in [0.1, 0.15) is 0 Å². The topological polar surface area (TPSA) is 37.8 Å². The van der Waals surface area contributed by atoms with E-state index in [4.69, 9.17) is 0 Å². The van der Waals surface area contributed by atoms with Gasteiger partial charge in [0.2, 0.25) is 0 Å². The normalized spacial score (nSPS) is 9.79. The van der Waals surface area contributed by atoms with Crippen molar-refractivity contribution < 1.29 is 0 Å². The molecule has 1 heterocycles. The molecule has 0 bridgehead atoms. The largest absolute Gasteiger partial charge is 0.388 e. The van der Waals surface area contributed by atoms with E-state index in [-0.39, 0.29) is 0 Å². The van der Waals surface area contributed by atoms with Gasteiger partial charge >= 0.3 is 0 Å². The Labute approximate surface area is 82.8 Å². The number of hydrogen-bond acceptors (Lipinski definition) is 3. The van der Waals surface area contributed by atoms with Crippen molar-refractivity contribution in [1.82, 2.24) is 10.2 Å². The molecule has 2 rings (SSSR count). The summed E-state index contributed by atoms with van der Waals surface area (Å²) >= 11 is 0. The van der Waals surface area contributed by atoms with Gasteiger partial charge in [-0.1, -0.05) is 12.1 Å². The molecule has 0 fully saturated rings. The van der Waals surface area contributed by atoms with E-state index < -0.39 is 0 Å². The van der Waals surface area contributed by atoms with Gasteiger partial charge in [-0.25, -0.2) is 0 Å². The summed E-state index contributed by atoms with van der Waals surface area (Å²) in [6.45, 7) is 0. The second-order valence-corrected chi connectivity index (χ2v) is 2.94. The molecule has 0 unspecified atom stereocenters. The molecule has 0 spiro atoms. The van der Waals surface area contributed by atoms with Crippen LogP contribution in [0.15, 0.2) is 42.6 Å². The van der Waals surface area contributed by atoms with Crippen molar-refractivity contribution in [3.63, 3.8) is 0 Å². The maximum atomic E-state index is 4.03. The van der Waals surface area contributed by atoms with Gasteiger partial charge in [-0.2, -0.15) is 10.2 Å². The Bertz CT molecular complexity index is 395. The van der Waals surface area contributed by atoms with E-state index in [1.54, 1.807) is 6.20 Å². The van der Waals surface area contributed by atoms with Gasteiger partial charge in [0, 0.05) is 24.5 Å². The zero-order valence-electron chi connectivity index (χ0n) is 7.94. The molecule has 0 atom stereocenters. The van der Waals surface area contributed by atoms with E-state index in [2.05, 4.69) is 15.5 Å². The van der Waals surface area contributed by atoms with Crippen molar-refractivity contribution in [1.29, 1.82) is 0 Å². The smallest absolute Gasteiger partial charge is 0.0929 e. The quantitative estimate of drug-likeness (QED) is 0.779. The zero-order valence-corrected chi connectivity index (χ0v) is 7.94. The molecular formula is C11H11N3. The van der Waals surface area contributed by atoms with Gasteiger partial charge in [-0.3, -0.25) is 0 Å². The van der Waals surface area contributed by atoms with Crippen LogP contribution >= 0.6 is 0 Å². The fourth-order valence-electron chi connectivity index (χ4n) is 1.26. The van der Waals surface area contributed by atoms with Crippen LogP contribution in [-0.2, 0) is 0 Å². The molecule has 70 valence electrons. The lowest BCUT2D eigenvalue weighted by molar-refractivity contribution is 1.04. The molecule has 0 aliphatic heterocycles. The molecule has 0 saturated heterocycles. The van der Waals surface area contributed by atoms with Gasteiger partial charge in [0.1, 0.15) is 0 Å². The van der Waals surface area contributed by atoms with Crippen LogP contribution in [0, 0.1) is 0 Å². The van der Waals surface area contributed by atoms with Crippen molar-refractivity contribution in [3.05, 3.63) is 42.6 Å². The predicted molar refractivity (Wildman–Crippen MR) is 57.0 cm³/mol. The van der Waals surface area contributed by atoms with Gasteiger partial charge in [0.25, 0.3) is 0 Å². The van der Waals surface area contributed by atoms with Crippen LogP contribution in [0.3, 0.4) is 0 Å². The molecular weight excluding hydrogens is 174 g/mol. The Kier molecular flexibility index (Phi) is 2.40. The molecule has 1 N–H and O–H groups in total. The Morgan fingerprint density at radius 1 is 1.07 bits per heavy atom. The third-order valence-electron chi connectivity index (χ3n) is 2.04. The molecule has 0 amide bonds. The lowest BCUT2D eigenvalue weighted by Crippen LogP contribution is -1.88. The Balaban J connectivity index is 2.34. The molecule has 0 radical (unpaired) electrons. The van der Waals surface area contributed by atoms with E-state index >= 15 is 0 Å². The minimum absolute atomic E-state index is 0.898. The summed E-state index contributed by atoms with van der Waals surface area (Å²) in [6, 6.07) is 11.9. The highest BCUT2D eigenvalue weighted by molar-refractivity contribution is 5.61. The number of hydrogen-bond donors (Lipinski definition) is 1. The molecule has 1 aromatic heterocycles. The predicted octanol–water partition coefficient (Wildman–Crippen LogP) is 2.19. The number of rotatable bonds is 2. The average molecular weight is 185 g/mol. The SMILES string of the molecule is CNc1ccc(-c2cccnn2)cc1. The summed E-state index contributed by atoms with van der Waals surface area (Å²) in [4.78, 5) is 0. The summed E-state index contributed by atoms with van der Waals surface area (Å²) < 4.78 is 0. The Morgan fingerprint density at radius 3 is 2.43 bits per heavy atom. The first-order valence-electron chi connectivity index (χ1n) is 4.46. The summed E-state index contributed by atoms with van der Waals surface area (Å²) in [7, 11) is 1.90. The van der Waals surface area contributed by atoms with Crippen LogP contribution in [0.4, 0.5) is 5.69 Å². The van der Waals surface area contributed by atoms with Crippen LogP contribution in [0.5, 0.6) is 0 Å². The summed E-state index contributed by atoms with van der Waals surface area (Å²) in [5.74, 6) is 0. The zero-order chi connectivity index (χ0) is 9.80. The highest BCUT2D eigenvalue weighted by Crippen LogP contribution is 2.17. The third-order valence-corrected chi connectivity index (χ3v) is 2.04. The Morgan fingerprint density at radius 2 is 1.86 bits per heavy atom. The lowest BCUT2D eigenvalue weighted by atomic mass is 10.1. The maximum absolute atomic E-state index is 4.03. The van der Waals surface area contributed by atoms with Crippen molar-refractivity contribution >= 4 is 5.69 Å². The van der Waals surface area contributed by atoms with E-state index in [1.807, 2.05) is 43.4 Å². The van der Waals surface area contributed by atoms with E-state index in [0.29, 0.717) is 0 Å². The molecule has 0 aliphatic rings. The Hall–Kier alpha value is -1.90. The standard InChI is InChI=1S/C11H11N3/c1-12-10-6-4-9(5-7-10)11-3-2-8-13-14-11/h2-8,12H,1H3. The molecule has 3 heteroatoms. The van der Waals surface area contributed by atoms with Crippen LogP contribution in [-0.4, -0.2) is 17.2 Å². The highest BCUT2D eigenvalue weighted by atomic mass is 15.1. The molecule has 0 aliphatic carbocycles. The average Bonchev–Trinajstić information content (AvgIpc) is 2.30. The number of nitrogens with zero attached hydrogens (tertiary/aromatic N) is 2. The second-order valence-electron chi connectivity index (χ2n) is 2.94. The summed E-state index contributed by atoms with van der Waals surface area (Å²) in [5.41, 5.74) is 3.07. The number of nitrogens with one attached hydrogen (secondary N) is 1. The van der Waals surface area contributed by atoms with Crippen LogP contribution in [0.25, 0.3) is 11.3 Å². The highest BCUT2D eigenvalue weighted by Gasteiger charge is 1.97. The van der Waals surface area contributed by atoms with Crippen molar-refractivity contribution in [2.24, 2.45) is 0 Å². The van der Waals surface area contributed by atoms with E-state index in [1.165, 1.54) is 0 Å². The fraction of sp³-hybridized carbons (Fsp3) is 0.0909. The molecule has 3 nitrogen and oxygen atoms in total. The number of aromatic nitrogens is 2. The molecule has 2 aromatic rings. The van der Waals surface area contributed by atoms with Gasteiger partial charge in [0.05, 0.1) is 5.69 Å². The summed E-state index contributed by atoms with van der Waals surface area (Å²) in [5, 5.41) is 10.9.